The molecular formula is C18H26N2. The number of nitrogens with zero attached hydrogens (tertiary/aromatic N) is 1. The molecule has 2 nitrogen and oxygen atoms in total. The number of benzene rings is 1. The largest absolute Gasteiger partial charge is 0.350 e. The van der Waals surface area contributed by atoms with Crippen molar-refractivity contribution < 1.29 is 0 Å². The van der Waals surface area contributed by atoms with Crippen molar-refractivity contribution in [2.24, 2.45) is 18.9 Å². The molecular weight excluding hydrogens is 244 g/mol. The smallest absolute Gasteiger partial charge is 0.0481 e. The topological polar surface area (TPSA) is 17.0 Å². The fraction of sp³-hybridized carbons (Fsp3) is 0.556. The molecule has 2 aromatic rings. The number of para-hydroxylation sites is 1. The van der Waals surface area contributed by atoms with Gasteiger partial charge in [0.25, 0.3) is 0 Å². The maximum absolute atomic E-state index is 3.79. The summed E-state index contributed by atoms with van der Waals surface area (Å²) in [4.78, 5) is 0. The Kier molecular flexibility index (Phi) is 3.84. The predicted octanol–water partition coefficient (Wildman–Crippen LogP) is 4.09. The zero-order valence-electron chi connectivity index (χ0n) is 12.9. The van der Waals surface area contributed by atoms with Gasteiger partial charge in [0.1, 0.15) is 0 Å². The minimum atomic E-state index is 0.688. The standard InChI is InChI=1S/C18H26N2/c1-13-8-14(2)10-16(9-13)19-11-15-12-20(3)18-7-5-4-6-17(15)18/h4-7,12-14,16,19H,8-11H2,1-3H3. The van der Waals surface area contributed by atoms with Crippen molar-refractivity contribution in [1.29, 1.82) is 0 Å². The van der Waals surface area contributed by atoms with Gasteiger partial charge in [-0.15, -0.1) is 0 Å². The Morgan fingerprint density at radius 3 is 2.55 bits per heavy atom. The fourth-order valence-electron chi connectivity index (χ4n) is 3.93. The number of nitrogens with one attached hydrogen (secondary N) is 1. The average molecular weight is 270 g/mol. The molecule has 20 heavy (non-hydrogen) atoms. The maximum Gasteiger partial charge on any atom is 0.0481 e. The minimum Gasteiger partial charge on any atom is -0.350 e. The molecule has 1 aromatic carbocycles. The zero-order chi connectivity index (χ0) is 14.1. The van der Waals surface area contributed by atoms with Crippen molar-refractivity contribution in [1.82, 2.24) is 9.88 Å². The molecule has 1 N–H and O–H groups in total. The zero-order valence-corrected chi connectivity index (χ0v) is 12.9. The van der Waals surface area contributed by atoms with Crippen LogP contribution in [0.5, 0.6) is 0 Å². The highest BCUT2D eigenvalue weighted by Crippen LogP contribution is 2.29. The molecule has 108 valence electrons. The molecule has 2 unspecified atom stereocenters. The van der Waals surface area contributed by atoms with Crippen LogP contribution in [-0.2, 0) is 13.6 Å². The second kappa shape index (κ2) is 5.61. The lowest BCUT2D eigenvalue weighted by Gasteiger charge is -2.32. The number of aryl methyl sites for hydroxylation is 1. The molecule has 0 spiro atoms. The molecule has 2 heteroatoms. The Morgan fingerprint density at radius 2 is 1.80 bits per heavy atom. The van der Waals surface area contributed by atoms with E-state index in [2.05, 4.69) is 61.2 Å². The van der Waals surface area contributed by atoms with E-state index in [-0.39, 0.29) is 0 Å². The number of hydrogen-bond acceptors (Lipinski definition) is 1. The van der Waals surface area contributed by atoms with Crippen LogP contribution in [0.1, 0.15) is 38.7 Å². The summed E-state index contributed by atoms with van der Waals surface area (Å²) < 4.78 is 2.23. The van der Waals surface area contributed by atoms with Gasteiger partial charge in [0.15, 0.2) is 0 Å². The van der Waals surface area contributed by atoms with E-state index in [1.165, 1.54) is 35.7 Å². The van der Waals surface area contributed by atoms with Crippen molar-refractivity contribution in [2.45, 2.75) is 45.7 Å². The number of hydrogen-bond donors (Lipinski definition) is 1. The summed E-state index contributed by atoms with van der Waals surface area (Å²) in [5.74, 6) is 1.73. The molecule has 0 aliphatic heterocycles. The Bertz CT molecular complexity index is 574. The number of rotatable bonds is 3. The van der Waals surface area contributed by atoms with Crippen LogP contribution in [0.4, 0.5) is 0 Å². The van der Waals surface area contributed by atoms with E-state index in [1.54, 1.807) is 0 Å². The minimum absolute atomic E-state index is 0.688. The van der Waals surface area contributed by atoms with Gasteiger partial charge in [-0.2, -0.15) is 0 Å². The van der Waals surface area contributed by atoms with Crippen LogP contribution < -0.4 is 5.32 Å². The maximum atomic E-state index is 3.79. The van der Waals surface area contributed by atoms with Gasteiger partial charge in [-0.25, -0.2) is 0 Å². The molecule has 3 rings (SSSR count). The van der Waals surface area contributed by atoms with Crippen molar-refractivity contribution in [3.63, 3.8) is 0 Å². The Hall–Kier alpha value is -1.28. The van der Waals surface area contributed by atoms with Crippen molar-refractivity contribution in [3.05, 3.63) is 36.0 Å². The first-order chi connectivity index (χ1) is 9.63. The van der Waals surface area contributed by atoms with Gasteiger partial charge in [0, 0.05) is 36.7 Å². The lowest BCUT2D eigenvalue weighted by atomic mass is 9.80. The van der Waals surface area contributed by atoms with Crippen LogP contribution in [0.3, 0.4) is 0 Å². The lowest BCUT2D eigenvalue weighted by molar-refractivity contribution is 0.238. The second-order valence-electron chi connectivity index (χ2n) is 6.78. The fourth-order valence-corrected chi connectivity index (χ4v) is 3.93. The predicted molar refractivity (Wildman–Crippen MR) is 85.7 cm³/mol. The van der Waals surface area contributed by atoms with Crippen LogP contribution in [0.15, 0.2) is 30.5 Å². The van der Waals surface area contributed by atoms with Crippen molar-refractivity contribution in [2.75, 3.05) is 0 Å². The molecule has 1 heterocycles. The first kappa shape index (κ1) is 13.7. The van der Waals surface area contributed by atoms with E-state index < -0.39 is 0 Å². The summed E-state index contributed by atoms with van der Waals surface area (Å²) in [7, 11) is 2.14. The lowest BCUT2D eigenvalue weighted by Crippen LogP contribution is -2.35. The highest BCUT2D eigenvalue weighted by Gasteiger charge is 2.23. The van der Waals surface area contributed by atoms with Crippen LogP contribution in [0, 0.1) is 11.8 Å². The summed E-state index contributed by atoms with van der Waals surface area (Å²) in [5.41, 5.74) is 2.75. The van der Waals surface area contributed by atoms with Gasteiger partial charge >= 0.3 is 0 Å². The van der Waals surface area contributed by atoms with Gasteiger partial charge in [-0.05, 0) is 42.7 Å². The molecule has 1 aliphatic rings. The molecule has 1 fully saturated rings. The number of aromatic nitrogens is 1. The van der Waals surface area contributed by atoms with E-state index in [9.17, 15) is 0 Å². The monoisotopic (exact) mass is 270 g/mol. The summed E-state index contributed by atoms with van der Waals surface area (Å²) in [5, 5.41) is 5.18. The van der Waals surface area contributed by atoms with E-state index in [0.29, 0.717) is 6.04 Å². The third-order valence-corrected chi connectivity index (χ3v) is 4.74. The molecule has 1 saturated carbocycles. The molecule has 0 radical (unpaired) electrons. The molecule has 1 aromatic heterocycles. The van der Waals surface area contributed by atoms with Gasteiger partial charge < -0.3 is 9.88 Å². The Balaban J connectivity index is 1.71. The van der Waals surface area contributed by atoms with Gasteiger partial charge in [0.05, 0.1) is 0 Å². The Morgan fingerprint density at radius 1 is 1.10 bits per heavy atom. The summed E-state index contributed by atoms with van der Waals surface area (Å²) in [6, 6.07) is 9.37. The van der Waals surface area contributed by atoms with Crippen LogP contribution in [0.25, 0.3) is 10.9 Å². The van der Waals surface area contributed by atoms with E-state index in [1.807, 2.05) is 0 Å². The van der Waals surface area contributed by atoms with Crippen LogP contribution in [0.2, 0.25) is 0 Å². The first-order valence-corrected chi connectivity index (χ1v) is 7.90. The van der Waals surface area contributed by atoms with Crippen molar-refractivity contribution >= 4 is 10.9 Å². The highest BCUT2D eigenvalue weighted by atomic mass is 14.9. The summed E-state index contributed by atoms with van der Waals surface area (Å²) >= 11 is 0. The quantitative estimate of drug-likeness (QED) is 0.889. The third-order valence-electron chi connectivity index (χ3n) is 4.74. The second-order valence-corrected chi connectivity index (χ2v) is 6.78. The first-order valence-electron chi connectivity index (χ1n) is 7.90. The summed E-state index contributed by atoms with van der Waals surface area (Å²) in [6.07, 6.45) is 6.32. The average Bonchev–Trinajstić information content (AvgIpc) is 2.73. The molecule has 0 amide bonds. The van der Waals surface area contributed by atoms with E-state index in [4.69, 9.17) is 0 Å². The Labute approximate surface area is 122 Å². The van der Waals surface area contributed by atoms with Gasteiger partial charge in [0.2, 0.25) is 0 Å². The van der Waals surface area contributed by atoms with Gasteiger partial charge in [-0.1, -0.05) is 32.0 Å². The van der Waals surface area contributed by atoms with E-state index in [0.717, 1.165) is 18.4 Å². The normalized spacial score (nSPS) is 27.1. The highest BCUT2D eigenvalue weighted by molar-refractivity contribution is 5.83. The molecule has 1 aliphatic carbocycles. The van der Waals surface area contributed by atoms with Gasteiger partial charge in [-0.3, -0.25) is 0 Å². The molecule has 0 saturated heterocycles. The van der Waals surface area contributed by atoms with E-state index >= 15 is 0 Å². The van der Waals surface area contributed by atoms with Crippen LogP contribution in [-0.4, -0.2) is 10.6 Å². The number of fused-ring (bicyclic) bond motifs is 1. The SMILES string of the molecule is CC1CC(C)CC(NCc2cn(C)c3ccccc23)C1. The third kappa shape index (κ3) is 2.76. The molecule has 0 bridgehead atoms. The van der Waals surface area contributed by atoms with Crippen molar-refractivity contribution in [3.8, 4) is 0 Å². The van der Waals surface area contributed by atoms with Crippen LogP contribution >= 0.6 is 0 Å². The summed E-state index contributed by atoms with van der Waals surface area (Å²) in [6.45, 7) is 5.77. The molecule has 2 atom stereocenters.